The molecule has 120 valence electrons. The summed E-state index contributed by atoms with van der Waals surface area (Å²) < 4.78 is 5.60. The number of rotatable bonds is 4. The first kappa shape index (κ1) is 15.5. The zero-order valence-corrected chi connectivity index (χ0v) is 13.2. The molecule has 0 amide bonds. The number of hydrogen-bond acceptors (Lipinski definition) is 5. The zero-order valence-electron chi connectivity index (χ0n) is 13.2. The van der Waals surface area contributed by atoms with Crippen molar-refractivity contribution in [2.75, 3.05) is 39.3 Å². The lowest BCUT2D eigenvalue weighted by molar-refractivity contribution is -0.148. The maximum atomic E-state index is 11.4. The van der Waals surface area contributed by atoms with Crippen molar-refractivity contribution in [3.05, 3.63) is 35.9 Å². The predicted molar refractivity (Wildman–Crippen MR) is 85.5 cm³/mol. The Labute approximate surface area is 132 Å². The van der Waals surface area contributed by atoms with Crippen LogP contribution < -0.4 is 5.32 Å². The molecule has 1 N–H and O–H groups in total. The number of ether oxygens (including phenoxy) is 1. The summed E-state index contributed by atoms with van der Waals surface area (Å²) in [6.45, 7) is 8.30. The molecule has 2 atom stereocenters. The highest BCUT2D eigenvalue weighted by Crippen LogP contribution is 2.21. The Hall–Kier alpha value is -1.43. The normalized spacial score (nSPS) is 27.0. The SMILES string of the molecule is CC(=O)O[C@@H]1CN(Cc2ccccc2)C[C@H]1N1CCNCC1. The van der Waals surface area contributed by atoms with Gasteiger partial charge in [-0.1, -0.05) is 30.3 Å². The third kappa shape index (κ3) is 3.85. The first-order chi connectivity index (χ1) is 10.7. The third-order valence-corrected chi connectivity index (χ3v) is 4.50. The van der Waals surface area contributed by atoms with Crippen molar-refractivity contribution in [3.63, 3.8) is 0 Å². The van der Waals surface area contributed by atoms with Gasteiger partial charge in [0.25, 0.3) is 0 Å². The van der Waals surface area contributed by atoms with Gasteiger partial charge < -0.3 is 10.1 Å². The van der Waals surface area contributed by atoms with Gasteiger partial charge in [0.2, 0.25) is 0 Å². The van der Waals surface area contributed by atoms with E-state index in [1.54, 1.807) is 0 Å². The van der Waals surface area contributed by atoms with Crippen molar-refractivity contribution in [1.82, 2.24) is 15.1 Å². The molecule has 0 spiro atoms. The van der Waals surface area contributed by atoms with Crippen LogP contribution in [0.15, 0.2) is 30.3 Å². The molecule has 2 saturated heterocycles. The van der Waals surface area contributed by atoms with Gasteiger partial charge in [0.1, 0.15) is 6.10 Å². The topological polar surface area (TPSA) is 44.8 Å². The minimum absolute atomic E-state index is 0.0145. The van der Waals surface area contributed by atoms with Crippen LogP contribution in [0.1, 0.15) is 12.5 Å². The van der Waals surface area contributed by atoms with Crippen molar-refractivity contribution >= 4 is 5.97 Å². The smallest absolute Gasteiger partial charge is 0.303 e. The molecule has 2 heterocycles. The molecular formula is C17H25N3O2. The van der Waals surface area contributed by atoms with E-state index in [-0.39, 0.29) is 12.1 Å². The van der Waals surface area contributed by atoms with E-state index < -0.39 is 0 Å². The average Bonchev–Trinajstić information content (AvgIpc) is 2.91. The van der Waals surface area contributed by atoms with Crippen molar-refractivity contribution < 1.29 is 9.53 Å². The number of benzene rings is 1. The molecule has 0 saturated carbocycles. The van der Waals surface area contributed by atoms with E-state index in [4.69, 9.17) is 4.74 Å². The maximum Gasteiger partial charge on any atom is 0.303 e. The van der Waals surface area contributed by atoms with Crippen LogP contribution in [0.2, 0.25) is 0 Å². The van der Waals surface area contributed by atoms with E-state index in [9.17, 15) is 4.79 Å². The van der Waals surface area contributed by atoms with Crippen molar-refractivity contribution in [1.29, 1.82) is 0 Å². The number of likely N-dealkylation sites (tertiary alicyclic amines) is 1. The molecule has 1 aromatic carbocycles. The van der Waals surface area contributed by atoms with Gasteiger partial charge in [-0.3, -0.25) is 14.6 Å². The fraction of sp³-hybridized carbons (Fsp3) is 0.588. The van der Waals surface area contributed by atoms with Gasteiger partial charge >= 0.3 is 5.97 Å². The molecule has 0 aliphatic carbocycles. The van der Waals surface area contributed by atoms with Crippen molar-refractivity contribution in [2.45, 2.75) is 25.6 Å². The van der Waals surface area contributed by atoms with Crippen LogP contribution in [0.25, 0.3) is 0 Å². The zero-order chi connectivity index (χ0) is 15.4. The van der Waals surface area contributed by atoms with Gasteiger partial charge in [-0.2, -0.15) is 0 Å². The van der Waals surface area contributed by atoms with Crippen LogP contribution in [0.4, 0.5) is 0 Å². The third-order valence-electron chi connectivity index (χ3n) is 4.50. The fourth-order valence-corrected chi connectivity index (χ4v) is 3.50. The second kappa shape index (κ2) is 7.22. The number of carbonyl (C=O) groups excluding carboxylic acids is 1. The highest BCUT2D eigenvalue weighted by atomic mass is 16.5. The Morgan fingerprint density at radius 2 is 1.95 bits per heavy atom. The summed E-state index contributed by atoms with van der Waals surface area (Å²) in [6, 6.07) is 10.8. The van der Waals surface area contributed by atoms with Crippen molar-refractivity contribution in [2.24, 2.45) is 0 Å². The largest absolute Gasteiger partial charge is 0.459 e. The number of carbonyl (C=O) groups is 1. The lowest BCUT2D eigenvalue weighted by Crippen LogP contribution is -2.53. The molecule has 2 aliphatic heterocycles. The van der Waals surface area contributed by atoms with Gasteiger partial charge in [0.15, 0.2) is 0 Å². The van der Waals surface area contributed by atoms with Crippen LogP contribution in [-0.2, 0) is 16.1 Å². The minimum atomic E-state index is -0.174. The average molecular weight is 303 g/mol. The van der Waals surface area contributed by atoms with Crippen LogP contribution in [0.5, 0.6) is 0 Å². The molecule has 5 heteroatoms. The lowest BCUT2D eigenvalue weighted by atomic mass is 10.1. The van der Waals surface area contributed by atoms with Gasteiger partial charge in [-0.25, -0.2) is 0 Å². The first-order valence-electron chi connectivity index (χ1n) is 8.10. The standard InChI is InChI=1S/C17H25N3O2/c1-14(21)22-17-13-19(11-15-5-3-2-4-6-15)12-16(17)20-9-7-18-8-10-20/h2-6,16-18H,7-13H2,1H3/t16-,17-/m1/s1. The van der Waals surface area contributed by atoms with E-state index in [0.29, 0.717) is 6.04 Å². The molecule has 0 unspecified atom stereocenters. The fourth-order valence-electron chi connectivity index (χ4n) is 3.50. The van der Waals surface area contributed by atoms with Crippen molar-refractivity contribution in [3.8, 4) is 0 Å². The number of hydrogen-bond donors (Lipinski definition) is 1. The molecule has 1 aromatic rings. The van der Waals surface area contributed by atoms with E-state index in [2.05, 4.69) is 39.4 Å². The Morgan fingerprint density at radius 3 is 2.64 bits per heavy atom. The molecule has 0 radical (unpaired) electrons. The van der Waals surface area contributed by atoms with E-state index in [1.165, 1.54) is 12.5 Å². The molecule has 5 nitrogen and oxygen atoms in total. The first-order valence-corrected chi connectivity index (χ1v) is 8.10. The number of esters is 1. The summed E-state index contributed by atoms with van der Waals surface area (Å²) in [5.41, 5.74) is 1.31. The number of nitrogens with one attached hydrogen (secondary N) is 1. The summed E-state index contributed by atoms with van der Waals surface area (Å²) in [7, 11) is 0. The highest BCUT2D eigenvalue weighted by Gasteiger charge is 2.38. The van der Waals surface area contributed by atoms with Crippen LogP contribution in [0, 0.1) is 0 Å². The molecular weight excluding hydrogens is 278 g/mol. The summed E-state index contributed by atoms with van der Waals surface area (Å²) >= 11 is 0. The van der Waals surface area contributed by atoms with Gasteiger partial charge in [-0.15, -0.1) is 0 Å². The summed E-state index contributed by atoms with van der Waals surface area (Å²) in [6.07, 6.45) is -0.0145. The molecule has 22 heavy (non-hydrogen) atoms. The number of nitrogens with zero attached hydrogens (tertiary/aromatic N) is 2. The molecule has 2 aliphatic rings. The van der Waals surface area contributed by atoms with Gasteiger partial charge in [0.05, 0.1) is 6.04 Å². The summed E-state index contributed by atoms with van der Waals surface area (Å²) in [5, 5.41) is 3.38. The molecule has 3 rings (SSSR count). The number of piperazine rings is 1. The molecule has 2 fully saturated rings. The van der Waals surface area contributed by atoms with E-state index in [1.807, 2.05) is 6.07 Å². The van der Waals surface area contributed by atoms with Gasteiger partial charge in [0, 0.05) is 52.7 Å². The predicted octanol–water partition coefficient (Wildman–Crippen LogP) is 0.708. The van der Waals surface area contributed by atoms with E-state index in [0.717, 1.165) is 45.8 Å². The second-order valence-electron chi connectivity index (χ2n) is 6.18. The maximum absolute atomic E-state index is 11.4. The Balaban J connectivity index is 1.66. The quantitative estimate of drug-likeness (QED) is 0.830. The lowest BCUT2D eigenvalue weighted by Gasteiger charge is -2.35. The van der Waals surface area contributed by atoms with Crippen LogP contribution in [-0.4, -0.2) is 67.2 Å². The Morgan fingerprint density at radius 1 is 1.23 bits per heavy atom. The molecule has 0 aromatic heterocycles. The Kier molecular flexibility index (Phi) is 5.08. The monoisotopic (exact) mass is 303 g/mol. The van der Waals surface area contributed by atoms with Crippen LogP contribution in [0.3, 0.4) is 0 Å². The molecule has 0 bridgehead atoms. The summed E-state index contributed by atoms with van der Waals surface area (Å²) in [4.78, 5) is 16.3. The highest BCUT2D eigenvalue weighted by molar-refractivity contribution is 5.66. The van der Waals surface area contributed by atoms with Crippen LogP contribution >= 0.6 is 0 Å². The van der Waals surface area contributed by atoms with Gasteiger partial charge in [-0.05, 0) is 5.56 Å². The summed E-state index contributed by atoms with van der Waals surface area (Å²) in [5.74, 6) is -0.174. The Bertz CT molecular complexity index is 488. The van der Waals surface area contributed by atoms with E-state index >= 15 is 0 Å². The second-order valence-corrected chi connectivity index (χ2v) is 6.18. The minimum Gasteiger partial charge on any atom is -0.459 e.